The number of benzene rings is 1. The predicted molar refractivity (Wildman–Crippen MR) is 82.7 cm³/mol. The van der Waals surface area contributed by atoms with Gasteiger partial charge in [0.2, 0.25) is 0 Å². The molecule has 1 saturated carbocycles. The van der Waals surface area contributed by atoms with E-state index in [4.69, 9.17) is 0 Å². The zero-order valence-corrected chi connectivity index (χ0v) is 12.7. The Labute approximate surface area is 121 Å². The highest BCUT2D eigenvalue weighted by Crippen LogP contribution is 2.44. The molecule has 104 valence electrons. The second-order valence-electron chi connectivity index (χ2n) is 5.79. The molecule has 1 aliphatic heterocycles. The number of thioether (sulfide) groups is 1. The van der Waals surface area contributed by atoms with Gasteiger partial charge >= 0.3 is 0 Å². The van der Waals surface area contributed by atoms with Gasteiger partial charge in [-0.05, 0) is 69.3 Å². The maximum Gasteiger partial charge on any atom is 0.0391 e. The van der Waals surface area contributed by atoms with E-state index in [2.05, 4.69) is 47.8 Å². The third-order valence-electron chi connectivity index (χ3n) is 4.50. The van der Waals surface area contributed by atoms with Crippen LogP contribution >= 0.6 is 11.8 Å². The van der Waals surface area contributed by atoms with Gasteiger partial charge in [0.25, 0.3) is 0 Å². The largest absolute Gasteiger partial charge is 0.319 e. The normalized spacial score (nSPS) is 27.9. The van der Waals surface area contributed by atoms with Crippen LogP contribution in [-0.4, -0.2) is 37.3 Å². The lowest BCUT2D eigenvalue weighted by Crippen LogP contribution is -2.30. The van der Waals surface area contributed by atoms with Crippen molar-refractivity contribution < 1.29 is 0 Å². The summed E-state index contributed by atoms with van der Waals surface area (Å²) < 4.78 is 0. The lowest BCUT2D eigenvalue weighted by molar-refractivity contribution is 0.217. The van der Waals surface area contributed by atoms with Crippen LogP contribution < -0.4 is 5.32 Å². The Morgan fingerprint density at radius 2 is 1.95 bits per heavy atom. The van der Waals surface area contributed by atoms with Crippen LogP contribution in [-0.2, 0) is 0 Å². The molecular formula is C16H24N2S. The molecule has 2 atom stereocenters. The lowest BCUT2D eigenvalue weighted by Gasteiger charge is -2.29. The first kappa shape index (κ1) is 13.5. The highest BCUT2D eigenvalue weighted by atomic mass is 32.2. The van der Waals surface area contributed by atoms with Gasteiger partial charge in [0.1, 0.15) is 0 Å². The van der Waals surface area contributed by atoms with Crippen LogP contribution in [0.5, 0.6) is 0 Å². The van der Waals surface area contributed by atoms with Crippen LogP contribution in [0.15, 0.2) is 29.2 Å². The minimum Gasteiger partial charge on any atom is -0.319 e. The van der Waals surface area contributed by atoms with Crippen molar-refractivity contribution >= 4 is 11.8 Å². The zero-order valence-electron chi connectivity index (χ0n) is 11.9. The maximum atomic E-state index is 3.38. The topological polar surface area (TPSA) is 15.3 Å². The first-order valence-corrected chi connectivity index (χ1v) is 8.60. The standard InChI is InChI=1S/C16H24N2S/c1-17-11-13-9-10-18(14-5-6-14)16(13)12-3-7-15(19-2)8-4-12/h3-4,7-8,13-14,16-17H,5-6,9-11H2,1-2H3. The fourth-order valence-corrected chi connectivity index (χ4v) is 3.85. The Hall–Kier alpha value is -0.510. The van der Waals surface area contributed by atoms with E-state index >= 15 is 0 Å². The third kappa shape index (κ3) is 2.83. The molecular weight excluding hydrogens is 252 g/mol. The number of hydrogen-bond donors (Lipinski definition) is 1. The van der Waals surface area contributed by atoms with E-state index < -0.39 is 0 Å². The van der Waals surface area contributed by atoms with Gasteiger partial charge in [-0.25, -0.2) is 0 Å². The van der Waals surface area contributed by atoms with E-state index in [1.54, 1.807) is 0 Å². The summed E-state index contributed by atoms with van der Waals surface area (Å²) in [5, 5.41) is 3.38. The minimum atomic E-state index is 0.635. The first-order valence-electron chi connectivity index (χ1n) is 7.37. The molecule has 2 nitrogen and oxygen atoms in total. The summed E-state index contributed by atoms with van der Waals surface area (Å²) in [7, 11) is 2.08. The molecule has 19 heavy (non-hydrogen) atoms. The Kier molecular flexibility index (Phi) is 4.15. The van der Waals surface area contributed by atoms with Gasteiger partial charge in [-0.15, -0.1) is 11.8 Å². The van der Waals surface area contributed by atoms with E-state index in [0.717, 1.165) is 18.5 Å². The SMILES string of the molecule is CNCC1CCN(C2CC2)C1c1ccc(SC)cc1. The second kappa shape index (κ2) is 5.86. The second-order valence-corrected chi connectivity index (χ2v) is 6.67. The molecule has 2 aliphatic rings. The van der Waals surface area contributed by atoms with Gasteiger partial charge in [0.15, 0.2) is 0 Å². The van der Waals surface area contributed by atoms with Crippen molar-refractivity contribution in [3.8, 4) is 0 Å². The van der Waals surface area contributed by atoms with Crippen LogP contribution in [0.3, 0.4) is 0 Å². The molecule has 1 aromatic rings. The monoisotopic (exact) mass is 276 g/mol. The minimum absolute atomic E-state index is 0.635. The summed E-state index contributed by atoms with van der Waals surface area (Å²) in [4.78, 5) is 4.13. The Bertz CT molecular complexity index is 413. The van der Waals surface area contributed by atoms with Crippen molar-refractivity contribution in [2.45, 2.75) is 36.2 Å². The smallest absolute Gasteiger partial charge is 0.0391 e. The number of likely N-dealkylation sites (tertiary alicyclic amines) is 1. The van der Waals surface area contributed by atoms with Crippen molar-refractivity contribution in [3.63, 3.8) is 0 Å². The Balaban J connectivity index is 1.82. The number of rotatable bonds is 5. The van der Waals surface area contributed by atoms with E-state index in [1.807, 2.05) is 11.8 Å². The van der Waals surface area contributed by atoms with Gasteiger partial charge in [0.05, 0.1) is 0 Å². The number of hydrogen-bond acceptors (Lipinski definition) is 3. The van der Waals surface area contributed by atoms with Gasteiger partial charge in [-0.3, -0.25) is 4.90 Å². The zero-order chi connectivity index (χ0) is 13.2. The molecule has 2 fully saturated rings. The highest BCUT2D eigenvalue weighted by molar-refractivity contribution is 7.98. The maximum absolute atomic E-state index is 3.38. The number of nitrogens with zero attached hydrogens (tertiary/aromatic N) is 1. The van der Waals surface area contributed by atoms with Crippen LogP contribution in [0.25, 0.3) is 0 Å². The Morgan fingerprint density at radius 3 is 2.53 bits per heavy atom. The molecule has 1 heterocycles. The molecule has 0 amide bonds. The molecule has 0 aromatic heterocycles. The van der Waals surface area contributed by atoms with Crippen LogP contribution in [0.4, 0.5) is 0 Å². The molecule has 0 radical (unpaired) electrons. The average molecular weight is 276 g/mol. The first-order chi connectivity index (χ1) is 9.33. The third-order valence-corrected chi connectivity index (χ3v) is 5.25. The van der Waals surface area contributed by atoms with Crippen molar-refractivity contribution in [2.24, 2.45) is 5.92 Å². The molecule has 3 heteroatoms. The molecule has 0 bridgehead atoms. The molecule has 1 saturated heterocycles. The van der Waals surface area contributed by atoms with Crippen molar-refractivity contribution in [3.05, 3.63) is 29.8 Å². The average Bonchev–Trinajstić information content (AvgIpc) is 3.21. The van der Waals surface area contributed by atoms with Gasteiger partial charge in [-0.1, -0.05) is 12.1 Å². The highest BCUT2D eigenvalue weighted by Gasteiger charge is 2.42. The summed E-state index contributed by atoms with van der Waals surface area (Å²) in [6.07, 6.45) is 6.30. The molecule has 0 spiro atoms. The van der Waals surface area contributed by atoms with Crippen LogP contribution in [0, 0.1) is 5.92 Å². The molecule has 2 unspecified atom stereocenters. The Morgan fingerprint density at radius 1 is 1.21 bits per heavy atom. The van der Waals surface area contributed by atoms with Crippen molar-refractivity contribution in [1.82, 2.24) is 10.2 Å². The summed E-state index contributed by atoms with van der Waals surface area (Å²) in [6, 6.07) is 10.8. The van der Waals surface area contributed by atoms with E-state index in [1.165, 1.54) is 36.3 Å². The molecule has 1 aliphatic carbocycles. The summed E-state index contributed by atoms with van der Waals surface area (Å²) in [5.41, 5.74) is 1.52. The lowest BCUT2D eigenvalue weighted by atomic mass is 9.93. The molecule has 1 aromatic carbocycles. The summed E-state index contributed by atoms with van der Waals surface area (Å²) in [5.74, 6) is 0.769. The van der Waals surface area contributed by atoms with Crippen molar-refractivity contribution in [2.75, 3.05) is 26.4 Å². The molecule has 3 rings (SSSR count). The summed E-state index contributed by atoms with van der Waals surface area (Å²) >= 11 is 1.82. The van der Waals surface area contributed by atoms with E-state index in [0.29, 0.717) is 6.04 Å². The fourth-order valence-electron chi connectivity index (χ4n) is 3.44. The van der Waals surface area contributed by atoms with E-state index in [9.17, 15) is 0 Å². The van der Waals surface area contributed by atoms with Gasteiger partial charge < -0.3 is 5.32 Å². The van der Waals surface area contributed by atoms with Crippen LogP contribution in [0.1, 0.15) is 30.9 Å². The number of nitrogens with one attached hydrogen (secondary N) is 1. The van der Waals surface area contributed by atoms with Crippen molar-refractivity contribution in [1.29, 1.82) is 0 Å². The quantitative estimate of drug-likeness (QED) is 0.832. The predicted octanol–water partition coefficient (Wildman–Crippen LogP) is 3.15. The fraction of sp³-hybridized carbons (Fsp3) is 0.625. The molecule has 1 N–H and O–H groups in total. The van der Waals surface area contributed by atoms with E-state index in [-0.39, 0.29) is 0 Å². The van der Waals surface area contributed by atoms with Gasteiger partial charge in [-0.2, -0.15) is 0 Å². The summed E-state index contributed by atoms with van der Waals surface area (Å²) in [6.45, 7) is 2.42. The van der Waals surface area contributed by atoms with Gasteiger partial charge in [0, 0.05) is 17.0 Å². The van der Waals surface area contributed by atoms with Crippen LogP contribution in [0.2, 0.25) is 0 Å².